The summed E-state index contributed by atoms with van der Waals surface area (Å²) in [6, 6.07) is 22.9. The third-order valence-electron chi connectivity index (χ3n) is 4.96. The van der Waals surface area contributed by atoms with Crippen LogP contribution in [-0.4, -0.2) is 9.55 Å². The second-order valence-corrected chi connectivity index (χ2v) is 6.33. The predicted octanol–water partition coefficient (Wildman–Crippen LogP) is 4.09. The Hall–Kier alpha value is -3.40. The fourth-order valence-electron chi connectivity index (χ4n) is 3.90. The number of nitrogens with zero attached hydrogens (tertiary/aromatic N) is 3. The molecule has 0 fully saturated rings. The van der Waals surface area contributed by atoms with E-state index in [2.05, 4.69) is 68.7 Å². The van der Waals surface area contributed by atoms with Crippen molar-refractivity contribution in [1.82, 2.24) is 9.55 Å². The standard InChI is InChI=1S/C21H14N3O/c1-2-7-14(8-3-1)24-18-11-5-4-9-16(18)19-21(24)25-20-15-10-6-12-22-17(15)13-23(19)20/h1-12H,13H2/q+1. The summed E-state index contributed by atoms with van der Waals surface area (Å²) in [4.78, 5) is 4.51. The van der Waals surface area contributed by atoms with Crippen LogP contribution in [-0.2, 0) is 6.54 Å². The summed E-state index contributed by atoms with van der Waals surface area (Å²) < 4.78 is 10.8. The number of hydrogen-bond acceptors (Lipinski definition) is 2. The molecular weight excluding hydrogens is 310 g/mol. The topological polar surface area (TPSA) is 34.8 Å². The van der Waals surface area contributed by atoms with Crippen molar-refractivity contribution in [3.05, 3.63) is 78.6 Å². The van der Waals surface area contributed by atoms with Crippen molar-refractivity contribution in [3.63, 3.8) is 0 Å². The van der Waals surface area contributed by atoms with Crippen LogP contribution in [0.4, 0.5) is 0 Å². The quantitative estimate of drug-likeness (QED) is 0.427. The number of aromatic nitrogens is 3. The fourth-order valence-corrected chi connectivity index (χ4v) is 3.90. The van der Waals surface area contributed by atoms with Gasteiger partial charge in [0.1, 0.15) is 11.3 Å². The second kappa shape index (κ2) is 4.57. The monoisotopic (exact) mass is 324 g/mol. The molecule has 1 aliphatic heterocycles. The van der Waals surface area contributed by atoms with Gasteiger partial charge in [-0.05, 0) is 36.4 Å². The summed E-state index contributed by atoms with van der Waals surface area (Å²) >= 11 is 0. The van der Waals surface area contributed by atoms with Crippen LogP contribution in [0.1, 0.15) is 5.69 Å². The van der Waals surface area contributed by atoms with Gasteiger partial charge in [-0.2, -0.15) is 0 Å². The molecule has 0 radical (unpaired) electrons. The first-order valence-corrected chi connectivity index (χ1v) is 8.37. The zero-order chi connectivity index (χ0) is 16.4. The summed E-state index contributed by atoms with van der Waals surface area (Å²) in [6.07, 6.45) is 1.84. The van der Waals surface area contributed by atoms with E-state index in [1.165, 1.54) is 5.39 Å². The SMILES string of the molecule is c1ccc(-n2c3ccccc3c3c2oc2[n+]3Cc3ncccc3-2)cc1. The summed E-state index contributed by atoms with van der Waals surface area (Å²) in [5, 5.41) is 1.20. The van der Waals surface area contributed by atoms with Crippen LogP contribution in [0, 0.1) is 0 Å². The first-order valence-electron chi connectivity index (χ1n) is 8.37. The molecule has 0 spiro atoms. The number of oxazole rings is 1. The Morgan fingerprint density at radius 2 is 1.76 bits per heavy atom. The van der Waals surface area contributed by atoms with Crippen molar-refractivity contribution < 1.29 is 8.98 Å². The third kappa shape index (κ3) is 1.61. The van der Waals surface area contributed by atoms with Crippen LogP contribution >= 0.6 is 0 Å². The molecule has 1 aliphatic rings. The average molecular weight is 324 g/mol. The van der Waals surface area contributed by atoms with Gasteiger partial charge in [0, 0.05) is 11.9 Å². The fraction of sp³-hybridized carbons (Fsp3) is 0.0476. The van der Waals surface area contributed by atoms with Gasteiger partial charge in [0.25, 0.3) is 11.2 Å². The van der Waals surface area contributed by atoms with E-state index in [1.54, 1.807) is 0 Å². The van der Waals surface area contributed by atoms with E-state index in [0.717, 1.165) is 46.1 Å². The highest BCUT2D eigenvalue weighted by atomic mass is 16.4. The summed E-state index contributed by atoms with van der Waals surface area (Å²) in [7, 11) is 0. The maximum atomic E-state index is 6.39. The predicted molar refractivity (Wildman–Crippen MR) is 95.6 cm³/mol. The van der Waals surface area contributed by atoms with Gasteiger partial charge in [-0.1, -0.05) is 30.3 Å². The van der Waals surface area contributed by atoms with Crippen molar-refractivity contribution in [3.8, 4) is 17.1 Å². The molecule has 0 saturated heterocycles. The van der Waals surface area contributed by atoms with E-state index in [1.807, 2.05) is 18.3 Å². The summed E-state index contributed by atoms with van der Waals surface area (Å²) in [5.41, 5.74) is 6.43. The molecule has 25 heavy (non-hydrogen) atoms. The Balaban J connectivity index is 1.78. The highest BCUT2D eigenvalue weighted by Gasteiger charge is 2.38. The summed E-state index contributed by atoms with van der Waals surface area (Å²) in [5.74, 6) is 0.892. The van der Waals surface area contributed by atoms with E-state index >= 15 is 0 Å². The van der Waals surface area contributed by atoms with Crippen molar-refractivity contribution >= 4 is 22.1 Å². The number of fused-ring (bicyclic) bond motifs is 7. The third-order valence-corrected chi connectivity index (χ3v) is 4.96. The van der Waals surface area contributed by atoms with Gasteiger partial charge in [0.2, 0.25) is 0 Å². The molecule has 2 aromatic carbocycles. The number of para-hydroxylation sites is 2. The van der Waals surface area contributed by atoms with E-state index in [0.29, 0.717) is 0 Å². The molecular formula is C21H14N3O+. The number of rotatable bonds is 1. The molecule has 0 bridgehead atoms. The highest BCUT2D eigenvalue weighted by Crippen LogP contribution is 2.36. The molecule has 4 nitrogen and oxygen atoms in total. The summed E-state index contributed by atoms with van der Waals surface area (Å²) in [6.45, 7) is 0.751. The lowest BCUT2D eigenvalue weighted by molar-refractivity contribution is -0.649. The smallest absolute Gasteiger partial charge is 0.380 e. The lowest BCUT2D eigenvalue weighted by Gasteiger charge is -2.04. The lowest BCUT2D eigenvalue weighted by Crippen LogP contribution is -2.30. The molecule has 4 heteroatoms. The van der Waals surface area contributed by atoms with Crippen LogP contribution in [0.5, 0.6) is 0 Å². The Morgan fingerprint density at radius 1 is 0.920 bits per heavy atom. The van der Waals surface area contributed by atoms with Gasteiger partial charge in [-0.15, -0.1) is 4.57 Å². The van der Waals surface area contributed by atoms with Crippen LogP contribution < -0.4 is 4.57 Å². The van der Waals surface area contributed by atoms with Crippen molar-refractivity contribution in [2.24, 2.45) is 0 Å². The molecule has 4 heterocycles. The maximum Gasteiger partial charge on any atom is 0.385 e. The number of pyridine rings is 1. The molecule has 0 amide bonds. The van der Waals surface area contributed by atoms with Crippen LogP contribution in [0.15, 0.2) is 77.3 Å². The van der Waals surface area contributed by atoms with Crippen LogP contribution in [0.2, 0.25) is 0 Å². The maximum absolute atomic E-state index is 6.39. The molecule has 3 aromatic heterocycles. The largest absolute Gasteiger partial charge is 0.385 e. The van der Waals surface area contributed by atoms with Gasteiger partial charge >= 0.3 is 5.89 Å². The highest BCUT2D eigenvalue weighted by molar-refractivity contribution is 6.04. The van der Waals surface area contributed by atoms with E-state index in [4.69, 9.17) is 4.42 Å². The molecule has 0 aliphatic carbocycles. The van der Waals surface area contributed by atoms with E-state index < -0.39 is 0 Å². The lowest BCUT2D eigenvalue weighted by atomic mass is 10.2. The van der Waals surface area contributed by atoms with Gasteiger partial charge in [0.15, 0.2) is 6.54 Å². The molecule has 0 atom stereocenters. The van der Waals surface area contributed by atoms with Crippen LogP contribution in [0.3, 0.4) is 0 Å². The first-order chi connectivity index (χ1) is 12.4. The molecule has 0 N–H and O–H groups in total. The minimum atomic E-state index is 0.751. The zero-order valence-corrected chi connectivity index (χ0v) is 13.4. The minimum absolute atomic E-state index is 0.751. The first kappa shape index (κ1) is 13.0. The van der Waals surface area contributed by atoms with E-state index in [-0.39, 0.29) is 0 Å². The molecule has 118 valence electrons. The normalized spacial score (nSPS) is 12.6. The van der Waals surface area contributed by atoms with Crippen LogP contribution in [0.25, 0.3) is 39.3 Å². The number of hydrogen-bond donors (Lipinski definition) is 0. The van der Waals surface area contributed by atoms with Gasteiger partial charge in [-0.3, -0.25) is 9.55 Å². The molecule has 0 unspecified atom stereocenters. The Bertz CT molecular complexity index is 1260. The number of benzene rings is 2. The van der Waals surface area contributed by atoms with Gasteiger partial charge in [-0.25, -0.2) is 0 Å². The Kier molecular flexibility index (Phi) is 2.37. The van der Waals surface area contributed by atoms with E-state index in [9.17, 15) is 0 Å². The molecule has 0 saturated carbocycles. The van der Waals surface area contributed by atoms with Crippen molar-refractivity contribution in [2.75, 3.05) is 0 Å². The Morgan fingerprint density at radius 3 is 2.68 bits per heavy atom. The second-order valence-electron chi connectivity index (χ2n) is 6.33. The minimum Gasteiger partial charge on any atom is -0.380 e. The zero-order valence-electron chi connectivity index (χ0n) is 13.4. The molecule has 6 rings (SSSR count). The average Bonchev–Trinajstić information content (AvgIpc) is 3.29. The Labute approximate surface area is 143 Å². The van der Waals surface area contributed by atoms with Gasteiger partial charge < -0.3 is 4.42 Å². The molecule has 5 aromatic rings. The van der Waals surface area contributed by atoms with Crippen molar-refractivity contribution in [2.45, 2.75) is 6.54 Å². The van der Waals surface area contributed by atoms with Gasteiger partial charge in [0.05, 0.1) is 10.9 Å². The van der Waals surface area contributed by atoms with Crippen molar-refractivity contribution in [1.29, 1.82) is 0 Å².